The molecule has 6 atom stereocenters. The first kappa shape index (κ1) is 34.0. The van der Waals surface area contributed by atoms with Crippen molar-refractivity contribution in [3.63, 3.8) is 0 Å². The second-order valence-corrected chi connectivity index (χ2v) is 16.6. The van der Waals surface area contributed by atoms with Crippen molar-refractivity contribution in [3.8, 4) is 28.1 Å². The Labute approximate surface area is 294 Å². The molecule has 1 aliphatic heterocycles. The van der Waals surface area contributed by atoms with Crippen molar-refractivity contribution in [1.29, 1.82) is 0 Å². The zero-order valence-corrected chi connectivity index (χ0v) is 29.5. The van der Waals surface area contributed by atoms with E-state index in [4.69, 9.17) is 13.9 Å². The standard InChI is InChI=1S/C37H41F3N4O6S/c1-18(2)33(43-36(46)49-3)35(45)44-14-4-5-28(44)34-41-17-27(42-34)23-10-11-25(32-22-9-8-19(22)16-26(23)32)24-12-13-29(50-51(47,48)37(38,39)40)31-21-7-6-20(15-21)30(24)31/h10-13,17-22,28,33H,4-9,14-16H2,1-3H3,(H,41,42)(H,43,46)/t19?,20?,21?,22?,28-,33-/m0/s1. The molecule has 5 aliphatic rings. The Kier molecular flexibility index (Phi) is 8.19. The third-order valence-corrected chi connectivity index (χ3v) is 13.0. The summed E-state index contributed by atoms with van der Waals surface area (Å²) in [5, 5.41) is 2.69. The summed E-state index contributed by atoms with van der Waals surface area (Å²) in [4.78, 5) is 35.8. The molecule has 3 fully saturated rings. The maximum Gasteiger partial charge on any atom is 0.534 e. The number of H-pyrrole nitrogens is 1. The molecule has 0 spiro atoms. The van der Waals surface area contributed by atoms with E-state index in [1.165, 1.54) is 24.3 Å². The highest BCUT2D eigenvalue weighted by atomic mass is 32.2. The number of carbonyl (C=O) groups is 2. The summed E-state index contributed by atoms with van der Waals surface area (Å²) in [6.07, 6.45) is 8.25. The molecular weight excluding hydrogens is 685 g/mol. The molecule has 2 heterocycles. The number of amides is 2. The molecule has 2 aromatic carbocycles. The van der Waals surface area contributed by atoms with Crippen LogP contribution in [0.25, 0.3) is 22.4 Å². The van der Waals surface area contributed by atoms with Crippen molar-refractivity contribution in [2.45, 2.75) is 101 Å². The van der Waals surface area contributed by atoms with Gasteiger partial charge in [-0.1, -0.05) is 32.0 Å². The van der Waals surface area contributed by atoms with E-state index in [1.807, 2.05) is 20.0 Å². The number of likely N-dealkylation sites (tertiary alicyclic amines) is 1. The second kappa shape index (κ2) is 12.3. The molecule has 51 heavy (non-hydrogen) atoms. The summed E-state index contributed by atoms with van der Waals surface area (Å²) in [6, 6.07) is 6.34. The normalized spacial score (nSPS) is 25.3. The van der Waals surface area contributed by atoms with Gasteiger partial charge in [0.2, 0.25) is 5.91 Å². The summed E-state index contributed by atoms with van der Waals surface area (Å²) < 4.78 is 73.6. The zero-order valence-electron chi connectivity index (χ0n) is 28.7. The number of fused-ring (bicyclic) bond motifs is 8. The summed E-state index contributed by atoms with van der Waals surface area (Å²) in [7, 11) is -4.53. The number of imidazole rings is 1. The Morgan fingerprint density at radius 1 is 0.980 bits per heavy atom. The molecule has 2 bridgehead atoms. The topological polar surface area (TPSA) is 131 Å². The summed E-state index contributed by atoms with van der Waals surface area (Å²) in [5.41, 5.74) is 2.41. The Bertz CT molecular complexity index is 2030. The number of nitrogens with zero attached hydrogens (tertiary/aromatic N) is 2. The smallest absolute Gasteiger partial charge is 0.453 e. The van der Waals surface area contributed by atoms with E-state index in [1.54, 1.807) is 11.0 Å². The Balaban J connectivity index is 1.14. The van der Waals surface area contributed by atoms with Crippen LogP contribution in [0.4, 0.5) is 18.0 Å². The van der Waals surface area contributed by atoms with Crippen LogP contribution in [0.2, 0.25) is 0 Å². The van der Waals surface area contributed by atoms with Gasteiger partial charge in [-0.15, -0.1) is 0 Å². The molecular formula is C37H41F3N4O6S. The Morgan fingerprint density at radius 2 is 1.69 bits per heavy atom. The molecule has 2 amide bonds. The fourth-order valence-electron chi connectivity index (χ4n) is 9.54. The first-order valence-corrected chi connectivity index (χ1v) is 19.2. The number of ether oxygens (including phenoxy) is 1. The molecule has 0 radical (unpaired) electrons. The lowest BCUT2D eigenvalue weighted by atomic mass is 9.72. The van der Waals surface area contributed by atoms with Crippen LogP contribution in [0.1, 0.15) is 111 Å². The number of aromatic amines is 1. The van der Waals surface area contributed by atoms with E-state index in [0.29, 0.717) is 29.8 Å². The monoisotopic (exact) mass is 726 g/mol. The summed E-state index contributed by atoms with van der Waals surface area (Å²) in [5.74, 6) is 1.13. The Morgan fingerprint density at radius 3 is 2.37 bits per heavy atom. The van der Waals surface area contributed by atoms with E-state index in [2.05, 4.69) is 22.4 Å². The van der Waals surface area contributed by atoms with Crippen LogP contribution in [-0.2, 0) is 26.1 Å². The molecule has 14 heteroatoms. The van der Waals surface area contributed by atoms with Crippen LogP contribution in [0.5, 0.6) is 5.75 Å². The SMILES string of the molecule is COC(=O)N[C@H](C(=O)N1CCC[C@H]1c1ncc(-c2ccc(-c3ccc(OS(=O)(=O)C(F)(F)F)c4c3C3CCC4C3)c3c2CC2CCC32)[nH]1)C(C)C. The fourth-order valence-corrected chi connectivity index (χ4v) is 10.0. The lowest BCUT2D eigenvalue weighted by Crippen LogP contribution is -2.51. The van der Waals surface area contributed by atoms with E-state index < -0.39 is 27.8 Å². The van der Waals surface area contributed by atoms with Crippen molar-refractivity contribution in [3.05, 3.63) is 58.5 Å². The van der Waals surface area contributed by atoms with E-state index in [-0.39, 0.29) is 35.5 Å². The molecule has 4 unspecified atom stereocenters. The van der Waals surface area contributed by atoms with Gasteiger partial charge in [0.25, 0.3) is 0 Å². The van der Waals surface area contributed by atoms with Gasteiger partial charge in [0.15, 0.2) is 0 Å². The van der Waals surface area contributed by atoms with Crippen molar-refractivity contribution >= 4 is 22.1 Å². The van der Waals surface area contributed by atoms with Gasteiger partial charge in [0, 0.05) is 17.7 Å². The van der Waals surface area contributed by atoms with Crippen molar-refractivity contribution < 1.29 is 40.1 Å². The van der Waals surface area contributed by atoms with Crippen LogP contribution < -0.4 is 9.50 Å². The van der Waals surface area contributed by atoms with Gasteiger partial charge in [-0.3, -0.25) is 4.79 Å². The second-order valence-electron chi connectivity index (χ2n) is 15.1. The summed E-state index contributed by atoms with van der Waals surface area (Å²) in [6.45, 7) is 4.31. The van der Waals surface area contributed by atoms with Crippen LogP contribution in [0.15, 0.2) is 30.5 Å². The molecule has 272 valence electrons. The number of aromatic nitrogens is 2. The highest BCUT2D eigenvalue weighted by molar-refractivity contribution is 7.88. The lowest BCUT2D eigenvalue weighted by molar-refractivity contribution is -0.135. The van der Waals surface area contributed by atoms with E-state index in [9.17, 15) is 31.2 Å². The van der Waals surface area contributed by atoms with Gasteiger partial charge in [-0.05, 0) is 115 Å². The summed E-state index contributed by atoms with van der Waals surface area (Å²) >= 11 is 0. The van der Waals surface area contributed by atoms with Crippen molar-refractivity contribution in [2.75, 3.05) is 13.7 Å². The number of carbonyl (C=O) groups excluding carboxylic acids is 2. The number of methoxy groups -OCH3 is 1. The predicted octanol–water partition coefficient (Wildman–Crippen LogP) is 7.43. The van der Waals surface area contributed by atoms with Crippen molar-refractivity contribution in [2.24, 2.45) is 11.8 Å². The number of hydrogen-bond donors (Lipinski definition) is 2. The Hall–Kier alpha value is -4.07. The van der Waals surface area contributed by atoms with Gasteiger partial charge in [0.05, 0.1) is 25.0 Å². The van der Waals surface area contributed by atoms with Crippen molar-refractivity contribution in [1.82, 2.24) is 20.2 Å². The zero-order chi connectivity index (χ0) is 36.0. The maximum atomic E-state index is 13.7. The average molecular weight is 727 g/mol. The van der Waals surface area contributed by atoms with Crippen LogP contribution >= 0.6 is 0 Å². The van der Waals surface area contributed by atoms with Crippen LogP contribution in [0, 0.1) is 11.8 Å². The average Bonchev–Trinajstić information content (AvgIpc) is 3.91. The minimum Gasteiger partial charge on any atom is -0.453 e. The van der Waals surface area contributed by atoms with Gasteiger partial charge in [-0.2, -0.15) is 21.6 Å². The minimum absolute atomic E-state index is 0.0373. The predicted molar refractivity (Wildman–Crippen MR) is 181 cm³/mol. The quantitative estimate of drug-likeness (QED) is 0.182. The fraction of sp³-hybridized carbons (Fsp3) is 0.541. The largest absolute Gasteiger partial charge is 0.534 e. The number of benzene rings is 2. The number of alkyl carbamates (subject to hydrolysis) is 1. The number of rotatable bonds is 8. The number of halogens is 3. The number of nitrogens with one attached hydrogen (secondary N) is 2. The molecule has 4 aliphatic carbocycles. The maximum absolute atomic E-state index is 13.7. The molecule has 2 N–H and O–H groups in total. The van der Waals surface area contributed by atoms with Gasteiger partial charge in [-0.25, -0.2) is 9.78 Å². The number of alkyl halides is 3. The highest BCUT2D eigenvalue weighted by Crippen LogP contribution is 2.61. The third-order valence-electron chi connectivity index (χ3n) is 12.0. The van der Waals surface area contributed by atoms with Crippen LogP contribution in [0.3, 0.4) is 0 Å². The van der Waals surface area contributed by atoms with Gasteiger partial charge in [0.1, 0.15) is 17.6 Å². The van der Waals surface area contributed by atoms with Gasteiger partial charge < -0.3 is 24.1 Å². The first-order chi connectivity index (χ1) is 24.3. The first-order valence-electron chi connectivity index (χ1n) is 17.8. The molecule has 1 aromatic heterocycles. The molecule has 10 nitrogen and oxygen atoms in total. The van der Waals surface area contributed by atoms with Crippen LogP contribution in [-0.4, -0.2) is 60.5 Å². The third kappa shape index (κ3) is 5.50. The van der Waals surface area contributed by atoms with E-state index >= 15 is 0 Å². The molecule has 3 aromatic rings. The molecule has 8 rings (SSSR count). The molecule has 2 saturated carbocycles. The van der Waals surface area contributed by atoms with Gasteiger partial charge >= 0.3 is 21.7 Å². The molecule has 1 saturated heterocycles. The lowest BCUT2D eigenvalue weighted by Gasteiger charge is -2.32. The minimum atomic E-state index is -5.80. The number of hydrogen-bond acceptors (Lipinski definition) is 7. The highest BCUT2D eigenvalue weighted by Gasteiger charge is 2.50. The van der Waals surface area contributed by atoms with E-state index in [0.717, 1.165) is 79.3 Å².